The zero-order valence-corrected chi connectivity index (χ0v) is 14.4. The Morgan fingerprint density at radius 3 is 2.58 bits per heavy atom. The van der Waals surface area contributed by atoms with E-state index in [9.17, 15) is 14.9 Å². The molecule has 1 amide bonds. The minimum Gasteiger partial charge on any atom is -0.343 e. The van der Waals surface area contributed by atoms with Crippen LogP contribution in [0.5, 0.6) is 0 Å². The first-order chi connectivity index (χ1) is 11.4. The molecule has 1 aromatic heterocycles. The highest BCUT2D eigenvalue weighted by Crippen LogP contribution is 2.37. The lowest BCUT2D eigenvalue weighted by Gasteiger charge is -2.39. The topological polar surface area (TPSA) is 93.3 Å². The summed E-state index contributed by atoms with van der Waals surface area (Å²) in [5, 5.41) is 18.7. The summed E-state index contributed by atoms with van der Waals surface area (Å²) < 4.78 is 1.58. The summed E-state index contributed by atoms with van der Waals surface area (Å²) in [6.45, 7) is 7.50. The number of carbonyl (C=O) groups excluding carboxylic acids is 1. The Labute approximate surface area is 141 Å². The molecule has 0 aliphatic carbocycles. The van der Waals surface area contributed by atoms with Crippen molar-refractivity contribution in [2.45, 2.75) is 46.1 Å². The molecule has 132 valence electrons. The van der Waals surface area contributed by atoms with Gasteiger partial charge in [-0.15, -0.1) is 0 Å². The zero-order chi connectivity index (χ0) is 17.3. The molecule has 2 aliphatic rings. The van der Waals surface area contributed by atoms with E-state index in [2.05, 4.69) is 10.4 Å². The number of hydrogen-bond acceptors (Lipinski definition) is 5. The molecule has 2 aliphatic heterocycles. The molecule has 24 heavy (non-hydrogen) atoms. The zero-order valence-electron chi connectivity index (χ0n) is 14.4. The molecule has 8 heteroatoms. The van der Waals surface area contributed by atoms with Crippen molar-refractivity contribution in [3.8, 4) is 0 Å². The summed E-state index contributed by atoms with van der Waals surface area (Å²) >= 11 is 0. The molecule has 0 bridgehead atoms. The van der Waals surface area contributed by atoms with Crippen molar-refractivity contribution < 1.29 is 9.72 Å². The van der Waals surface area contributed by atoms with Gasteiger partial charge in [-0.1, -0.05) is 0 Å². The Morgan fingerprint density at radius 1 is 1.33 bits per heavy atom. The number of amides is 1. The van der Waals surface area contributed by atoms with E-state index >= 15 is 0 Å². The molecule has 1 N–H and O–H groups in total. The fourth-order valence-corrected chi connectivity index (χ4v) is 3.98. The van der Waals surface area contributed by atoms with Crippen molar-refractivity contribution in [2.75, 3.05) is 26.2 Å². The second kappa shape index (κ2) is 6.51. The van der Waals surface area contributed by atoms with Crippen LogP contribution in [0.1, 0.15) is 37.1 Å². The second-order valence-electron chi connectivity index (χ2n) is 7.06. The Kier molecular flexibility index (Phi) is 4.58. The highest BCUT2D eigenvalue weighted by molar-refractivity contribution is 5.76. The molecule has 0 aromatic carbocycles. The summed E-state index contributed by atoms with van der Waals surface area (Å²) in [7, 11) is 0. The van der Waals surface area contributed by atoms with Gasteiger partial charge in [0.1, 0.15) is 11.4 Å². The SMILES string of the molecule is Cc1nn(CCC(=O)N2CCC3(CCNC3)CC2)c(C)c1[N+](=O)[O-]. The van der Waals surface area contributed by atoms with E-state index in [0.29, 0.717) is 29.8 Å². The Hall–Kier alpha value is -1.96. The van der Waals surface area contributed by atoms with Crippen LogP contribution in [-0.4, -0.2) is 51.7 Å². The number of likely N-dealkylation sites (tertiary alicyclic amines) is 1. The molecule has 1 spiro atoms. The first-order valence-corrected chi connectivity index (χ1v) is 8.59. The lowest BCUT2D eigenvalue weighted by molar-refractivity contribution is -0.386. The summed E-state index contributed by atoms with van der Waals surface area (Å²) in [6, 6.07) is 0. The predicted octanol–water partition coefficient (Wildman–Crippen LogP) is 1.40. The maximum Gasteiger partial charge on any atom is 0.312 e. The van der Waals surface area contributed by atoms with Gasteiger partial charge >= 0.3 is 5.69 Å². The summed E-state index contributed by atoms with van der Waals surface area (Å²) in [6.07, 6.45) is 3.68. The molecule has 2 fully saturated rings. The van der Waals surface area contributed by atoms with Crippen molar-refractivity contribution in [2.24, 2.45) is 5.41 Å². The van der Waals surface area contributed by atoms with Crippen molar-refractivity contribution in [1.29, 1.82) is 0 Å². The van der Waals surface area contributed by atoms with Crippen LogP contribution in [0.15, 0.2) is 0 Å². The van der Waals surface area contributed by atoms with E-state index in [-0.39, 0.29) is 11.6 Å². The van der Waals surface area contributed by atoms with E-state index in [1.54, 1.807) is 18.5 Å². The Balaban J connectivity index is 1.55. The molecule has 0 atom stereocenters. The quantitative estimate of drug-likeness (QED) is 0.663. The van der Waals surface area contributed by atoms with Crippen LogP contribution in [0.3, 0.4) is 0 Å². The Morgan fingerprint density at radius 2 is 2.04 bits per heavy atom. The fraction of sp³-hybridized carbons (Fsp3) is 0.750. The van der Waals surface area contributed by atoms with Crippen molar-refractivity contribution in [1.82, 2.24) is 20.0 Å². The van der Waals surface area contributed by atoms with Crippen LogP contribution < -0.4 is 5.32 Å². The largest absolute Gasteiger partial charge is 0.343 e. The van der Waals surface area contributed by atoms with Crippen LogP contribution in [-0.2, 0) is 11.3 Å². The molecule has 1 aromatic rings. The lowest BCUT2D eigenvalue weighted by atomic mass is 9.78. The third-order valence-electron chi connectivity index (χ3n) is 5.57. The molecule has 3 rings (SSSR count). The molecule has 0 radical (unpaired) electrons. The number of rotatable bonds is 4. The summed E-state index contributed by atoms with van der Waals surface area (Å²) in [5.74, 6) is 0.117. The van der Waals surface area contributed by atoms with E-state index < -0.39 is 4.92 Å². The van der Waals surface area contributed by atoms with Crippen LogP contribution in [0.2, 0.25) is 0 Å². The summed E-state index contributed by atoms with van der Waals surface area (Å²) in [5.41, 5.74) is 1.36. The van der Waals surface area contributed by atoms with Gasteiger partial charge in [-0.2, -0.15) is 5.10 Å². The van der Waals surface area contributed by atoms with Gasteiger partial charge in [0.15, 0.2) is 0 Å². The monoisotopic (exact) mass is 335 g/mol. The highest BCUT2D eigenvalue weighted by atomic mass is 16.6. The molecule has 2 saturated heterocycles. The van der Waals surface area contributed by atoms with E-state index in [1.165, 1.54) is 6.42 Å². The van der Waals surface area contributed by atoms with Crippen LogP contribution >= 0.6 is 0 Å². The second-order valence-corrected chi connectivity index (χ2v) is 7.06. The van der Waals surface area contributed by atoms with Gasteiger partial charge in [-0.05, 0) is 45.1 Å². The number of piperidine rings is 1. The summed E-state index contributed by atoms with van der Waals surface area (Å²) in [4.78, 5) is 25.0. The third kappa shape index (κ3) is 3.15. The molecule has 8 nitrogen and oxygen atoms in total. The number of aryl methyl sites for hydroxylation is 2. The minimum absolute atomic E-state index is 0.0519. The van der Waals surface area contributed by atoms with Gasteiger partial charge in [0.25, 0.3) is 0 Å². The fourth-order valence-electron chi connectivity index (χ4n) is 3.98. The first-order valence-electron chi connectivity index (χ1n) is 8.59. The Bertz CT molecular complexity index is 638. The maximum atomic E-state index is 12.4. The molecule has 0 unspecified atom stereocenters. The van der Waals surface area contributed by atoms with Gasteiger partial charge < -0.3 is 10.2 Å². The standard InChI is InChI=1S/C16H25N5O3/c1-12-15(21(23)24)13(2)20(18-12)8-3-14(22)19-9-5-16(6-10-19)4-7-17-11-16/h17H,3-11H2,1-2H3. The highest BCUT2D eigenvalue weighted by Gasteiger charge is 2.37. The number of carbonyl (C=O) groups is 1. The molecular weight excluding hydrogens is 310 g/mol. The number of nitrogens with zero attached hydrogens (tertiary/aromatic N) is 4. The van der Waals surface area contributed by atoms with Crippen LogP contribution in [0, 0.1) is 29.4 Å². The van der Waals surface area contributed by atoms with Crippen LogP contribution in [0.4, 0.5) is 5.69 Å². The normalized spacial score (nSPS) is 19.8. The van der Waals surface area contributed by atoms with E-state index in [1.807, 2.05) is 4.90 Å². The van der Waals surface area contributed by atoms with Gasteiger partial charge in [-0.3, -0.25) is 19.6 Å². The van der Waals surface area contributed by atoms with Crippen molar-refractivity contribution in [3.63, 3.8) is 0 Å². The number of nitrogens with one attached hydrogen (secondary N) is 1. The predicted molar refractivity (Wildman–Crippen MR) is 88.7 cm³/mol. The van der Waals surface area contributed by atoms with Crippen LogP contribution in [0.25, 0.3) is 0 Å². The lowest BCUT2D eigenvalue weighted by Crippen LogP contribution is -2.44. The van der Waals surface area contributed by atoms with Gasteiger partial charge in [0.05, 0.1) is 11.5 Å². The number of hydrogen-bond donors (Lipinski definition) is 1. The van der Waals surface area contributed by atoms with Crippen molar-refractivity contribution >= 4 is 11.6 Å². The first kappa shape index (κ1) is 16.9. The molecule has 0 saturated carbocycles. The smallest absolute Gasteiger partial charge is 0.312 e. The minimum atomic E-state index is -0.407. The average Bonchev–Trinajstić information content (AvgIpc) is 3.10. The number of nitro groups is 1. The third-order valence-corrected chi connectivity index (χ3v) is 5.57. The molecule has 3 heterocycles. The van der Waals surface area contributed by atoms with Crippen molar-refractivity contribution in [3.05, 3.63) is 21.5 Å². The van der Waals surface area contributed by atoms with Gasteiger partial charge in [0.2, 0.25) is 5.91 Å². The van der Waals surface area contributed by atoms with E-state index in [4.69, 9.17) is 0 Å². The molecular formula is C16H25N5O3. The van der Waals surface area contributed by atoms with Gasteiger partial charge in [0, 0.05) is 26.1 Å². The number of aromatic nitrogens is 2. The average molecular weight is 335 g/mol. The maximum absolute atomic E-state index is 12.4. The van der Waals surface area contributed by atoms with E-state index in [0.717, 1.165) is 39.0 Å². The van der Waals surface area contributed by atoms with Gasteiger partial charge in [-0.25, -0.2) is 0 Å².